The summed E-state index contributed by atoms with van der Waals surface area (Å²) in [6.45, 7) is 0. The van der Waals surface area contributed by atoms with Crippen LogP contribution in [0.2, 0.25) is 0 Å². The molecule has 156 valence electrons. The van der Waals surface area contributed by atoms with Gasteiger partial charge in [0.15, 0.2) is 5.11 Å². The van der Waals surface area contributed by atoms with Crippen LogP contribution in [0.1, 0.15) is 23.6 Å². The minimum atomic E-state index is -0.401. The molecule has 0 saturated heterocycles. The first-order valence-corrected chi connectivity index (χ1v) is 10.1. The van der Waals surface area contributed by atoms with Crippen molar-refractivity contribution in [3.05, 3.63) is 100 Å². The van der Waals surface area contributed by atoms with Gasteiger partial charge in [0, 0.05) is 18.2 Å². The predicted octanol–water partition coefficient (Wildman–Crippen LogP) is 5.15. The van der Waals surface area contributed by atoms with Crippen molar-refractivity contribution >= 4 is 34.4 Å². The van der Waals surface area contributed by atoms with E-state index in [-0.39, 0.29) is 10.6 Å². The van der Waals surface area contributed by atoms with Gasteiger partial charge in [-0.1, -0.05) is 30.3 Å². The van der Waals surface area contributed by atoms with Crippen molar-refractivity contribution in [1.29, 1.82) is 0 Å². The molecule has 0 amide bonds. The molecule has 0 aromatic heterocycles. The summed E-state index contributed by atoms with van der Waals surface area (Å²) < 4.78 is 5.23. The Morgan fingerprint density at radius 1 is 1.10 bits per heavy atom. The van der Waals surface area contributed by atoms with Crippen molar-refractivity contribution in [3.63, 3.8) is 0 Å². The molecule has 1 heterocycles. The number of para-hydroxylation sites is 2. The highest BCUT2D eigenvalue weighted by Crippen LogP contribution is 2.37. The molecule has 1 aliphatic rings. The second-order valence-corrected chi connectivity index (χ2v) is 7.34. The summed E-state index contributed by atoms with van der Waals surface area (Å²) in [6.07, 6.45) is 0.480. The van der Waals surface area contributed by atoms with Gasteiger partial charge in [0.2, 0.25) is 0 Å². The van der Waals surface area contributed by atoms with Gasteiger partial charge in [-0.25, -0.2) is 5.01 Å². The lowest BCUT2D eigenvalue weighted by Crippen LogP contribution is -2.31. The highest BCUT2D eigenvalue weighted by molar-refractivity contribution is 7.80. The molecule has 1 aliphatic heterocycles. The monoisotopic (exact) mass is 432 g/mol. The van der Waals surface area contributed by atoms with E-state index in [9.17, 15) is 10.1 Å². The van der Waals surface area contributed by atoms with Crippen LogP contribution in [-0.4, -0.2) is 27.9 Å². The fraction of sp³-hybridized carbons (Fsp3) is 0.130. The van der Waals surface area contributed by atoms with E-state index >= 15 is 0 Å². The summed E-state index contributed by atoms with van der Waals surface area (Å²) in [7, 11) is 1.61. The average Bonchev–Trinajstić information content (AvgIpc) is 3.25. The third kappa shape index (κ3) is 4.39. The number of thiocarbonyl (C=S) groups is 1. The maximum absolute atomic E-state index is 11.7. The van der Waals surface area contributed by atoms with E-state index in [1.807, 2.05) is 54.6 Å². The standard InChI is InChI=1S/C23H20N4O3S/c1-30-18-13-11-16(12-14-18)20-15-22(19-9-5-6-10-21(19)27(28)29)26(25-20)23(31)24-17-7-3-2-4-8-17/h2-14,22H,15H2,1H3,(H,24,31)/t22-/m0/s1. The molecule has 1 N–H and O–H groups in total. The number of nitrogens with zero attached hydrogens (tertiary/aromatic N) is 3. The summed E-state index contributed by atoms with van der Waals surface area (Å²) in [5, 5.41) is 21.6. The molecule has 0 bridgehead atoms. The fourth-order valence-electron chi connectivity index (χ4n) is 3.54. The molecular weight excluding hydrogens is 412 g/mol. The summed E-state index contributed by atoms with van der Waals surface area (Å²) in [5.41, 5.74) is 3.14. The molecule has 0 radical (unpaired) electrons. The average molecular weight is 433 g/mol. The van der Waals surface area contributed by atoms with Crippen LogP contribution >= 0.6 is 12.2 Å². The van der Waals surface area contributed by atoms with Gasteiger partial charge in [0.25, 0.3) is 5.69 Å². The van der Waals surface area contributed by atoms with Gasteiger partial charge in [-0.05, 0) is 60.2 Å². The van der Waals surface area contributed by atoms with Gasteiger partial charge < -0.3 is 10.1 Å². The van der Waals surface area contributed by atoms with Crippen molar-refractivity contribution in [2.75, 3.05) is 12.4 Å². The summed E-state index contributed by atoms with van der Waals surface area (Å²) in [4.78, 5) is 11.3. The molecule has 0 fully saturated rings. The van der Waals surface area contributed by atoms with E-state index in [4.69, 9.17) is 22.1 Å². The Hall–Kier alpha value is -3.78. The van der Waals surface area contributed by atoms with Crippen LogP contribution < -0.4 is 10.1 Å². The fourth-order valence-corrected chi connectivity index (χ4v) is 3.82. The van der Waals surface area contributed by atoms with E-state index in [2.05, 4.69) is 5.32 Å². The number of hydrazone groups is 1. The predicted molar refractivity (Wildman–Crippen MR) is 124 cm³/mol. The second-order valence-electron chi connectivity index (χ2n) is 6.95. The van der Waals surface area contributed by atoms with Crippen LogP contribution in [0.15, 0.2) is 84.0 Å². The van der Waals surface area contributed by atoms with Crippen molar-refractivity contribution in [1.82, 2.24) is 5.01 Å². The molecule has 7 nitrogen and oxygen atoms in total. The van der Waals surface area contributed by atoms with E-state index in [1.165, 1.54) is 6.07 Å². The number of hydrogen-bond donors (Lipinski definition) is 1. The van der Waals surface area contributed by atoms with Crippen LogP contribution in [0, 0.1) is 10.1 Å². The Morgan fingerprint density at radius 3 is 2.45 bits per heavy atom. The zero-order chi connectivity index (χ0) is 21.8. The normalized spacial score (nSPS) is 15.3. The largest absolute Gasteiger partial charge is 0.497 e. The van der Waals surface area contributed by atoms with Crippen molar-refractivity contribution in [3.8, 4) is 5.75 Å². The van der Waals surface area contributed by atoms with E-state index in [1.54, 1.807) is 30.3 Å². The van der Waals surface area contributed by atoms with Crippen LogP contribution in [0.4, 0.5) is 11.4 Å². The molecule has 3 aromatic rings. The number of hydrogen-bond acceptors (Lipinski definition) is 5. The number of ether oxygens (including phenoxy) is 1. The van der Waals surface area contributed by atoms with E-state index < -0.39 is 6.04 Å². The van der Waals surface area contributed by atoms with Crippen LogP contribution in [0.3, 0.4) is 0 Å². The van der Waals surface area contributed by atoms with Gasteiger partial charge >= 0.3 is 0 Å². The first kappa shape index (κ1) is 20.5. The maximum atomic E-state index is 11.7. The summed E-state index contributed by atoms with van der Waals surface area (Å²) >= 11 is 5.64. The molecule has 3 aromatic carbocycles. The molecule has 1 atom stereocenters. The van der Waals surface area contributed by atoms with Crippen molar-refractivity contribution < 1.29 is 9.66 Å². The van der Waals surface area contributed by atoms with Crippen LogP contribution in [0.25, 0.3) is 0 Å². The van der Waals surface area contributed by atoms with E-state index in [0.717, 1.165) is 22.7 Å². The molecule has 0 aliphatic carbocycles. The molecule has 0 unspecified atom stereocenters. The number of methoxy groups -OCH3 is 1. The quantitative estimate of drug-likeness (QED) is 0.341. The lowest BCUT2D eigenvalue weighted by atomic mass is 9.97. The third-order valence-corrected chi connectivity index (χ3v) is 5.35. The number of rotatable bonds is 5. The molecule has 8 heteroatoms. The van der Waals surface area contributed by atoms with Gasteiger partial charge in [0.1, 0.15) is 5.75 Å². The molecule has 31 heavy (non-hydrogen) atoms. The summed E-state index contributed by atoms with van der Waals surface area (Å²) in [5.74, 6) is 0.746. The number of anilines is 1. The van der Waals surface area contributed by atoms with Gasteiger partial charge in [-0.3, -0.25) is 10.1 Å². The number of nitro groups is 1. The van der Waals surface area contributed by atoms with Crippen molar-refractivity contribution in [2.24, 2.45) is 5.10 Å². The Bertz CT molecular complexity index is 1130. The minimum Gasteiger partial charge on any atom is -0.497 e. The first-order chi connectivity index (χ1) is 15.1. The zero-order valence-electron chi connectivity index (χ0n) is 16.8. The smallest absolute Gasteiger partial charge is 0.274 e. The molecule has 0 spiro atoms. The highest BCUT2D eigenvalue weighted by atomic mass is 32.1. The molecule has 4 rings (SSSR count). The Kier molecular flexibility index (Phi) is 5.90. The van der Waals surface area contributed by atoms with Gasteiger partial charge in [-0.15, -0.1) is 0 Å². The Labute approximate surface area is 185 Å². The topological polar surface area (TPSA) is 80.0 Å². The first-order valence-electron chi connectivity index (χ1n) is 9.67. The van der Waals surface area contributed by atoms with Gasteiger partial charge in [-0.2, -0.15) is 5.10 Å². The summed E-state index contributed by atoms with van der Waals surface area (Å²) in [6, 6.07) is 23.4. The SMILES string of the molecule is COc1ccc(C2=NN(C(=S)Nc3ccccc3)[C@H](c3ccccc3[N+](=O)[O-])C2)cc1. The third-order valence-electron chi connectivity index (χ3n) is 5.06. The van der Waals surface area contributed by atoms with Crippen LogP contribution in [0.5, 0.6) is 5.75 Å². The second kappa shape index (κ2) is 8.93. The lowest BCUT2D eigenvalue weighted by Gasteiger charge is -2.24. The number of nitrogens with one attached hydrogen (secondary N) is 1. The maximum Gasteiger partial charge on any atom is 0.274 e. The highest BCUT2D eigenvalue weighted by Gasteiger charge is 2.35. The van der Waals surface area contributed by atoms with Crippen LogP contribution in [-0.2, 0) is 0 Å². The minimum absolute atomic E-state index is 0.0474. The zero-order valence-corrected chi connectivity index (χ0v) is 17.6. The van der Waals surface area contributed by atoms with E-state index in [0.29, 0.717) is 17.1 Å². The number of benzene rings is 3. The molecule has 0 saturated carbocycles. The lowest BCUT2D eigenvalue weighted by molar-refractivity contribution is -0.385. The molecular formula is C23H20N4O3S. The van der Waals surface area contributed by atoms with Crippen molar-refractivity contribution in [2.45, 2.75) is 12.5 Å². The number of nitro benzene ring substituents is 1. The van der Waals surface area contributed by atoms with Gasteiger partial charge in [0.05, 0.1) is 29.4 Å². The Morgan fingerprint density at radius 2 is 1.77 bits per heavy atom. The Balaban J connectivity index is 1.70.